The van der Waals surface area contributed by atoms with Gasteiger partial charge >= 0.3 is 0 Å². The van der Waals surface area contributed by atoms with E-state index in [1.54, 1.807) is 0 Å². The molecule has 0 aliphatic carbocycles. The van der Waals surface area contributed by atoms with Gasteiger partial charge in [0.2, 0.25) is 0 Å². The lowest BCUT2D eigenvalue weighted by Gasteiger charge is -2.33. The number of aryl methyl sites for hydroxylation is 1. The second-order valence-corrected chi connectivity index (χ2v) is 5.93. The van der Waals surface area contributed by atoms with E-state index in [1.165, 1.54) is 6.42 Å². The minimum atomic E-state index is 0.143. The molecule has 0 bridgehead atoms. The maximum atomic E-state index is 13.0. The van der Waals surface area contributed by atoms with Crippen molar-refractivity contribution in [1.82, 2.24) is 14.3 Å². The first-order valence-electron chi connectivity index (χ1n) is 7.99. The lowest BCUT2D eigenvalue weighted by molar-refractivity contribution is 0.0627. The molecule has 1 unspecified atom stereocenters. The van der Waals surface area contributed by atoms with Crippen LogP contribution in [0.5, 0.6) is 0 Å². The largest absolute Gasteiger partial charge is 0.335 e. The van der Waals surface area contributed by atoms with Crippen molar-refractivity contribution in [1.29, 1.82) is 0 Å². The van der Waals surface area contributed by atoms with E-state index in [9.17, 15) is 4.79 Å². The summed E-state index contributed by atoms with van der Waals surface area (Å²) in [5, 5.41) is 0. The zero-order valence-corrected chi connectivity index (χ0v) is 12.9. The molecule has 3 rings (SSSR count). The van der Waals surface area contributed by atoms with Crippen LogP contribution < -0.4 is 0 Å². The summed E-state index contributed by atoms with van der Waals surface area (Å²) in [6, 6.07) is 6.22. The standard InChI is InChI=1S/C17H23N3O/c1-3-8-14-16(20-12-7-5-10-15(20)18-14)17(21)19-11-6-4-9-13(19)2/h5,7,10,12-13H,3-4,6,8-9,11H2,1-2H3. The van der Waals surface area contributed by atoms with Gasteiger partial charge in [-0.15, -0.1) is 0 Å². The van der Waals surface area contributed by atoms with Crippen LogP contribution in [0.2, 0.25) is 0 Å². The summed E-state index contributed by atoms with van der Waals surface area (Å²) in [4.78, 5) is 19.7. The molecule has 21 heavy (non-hydrogen) atoms. The number of carbonyl (C=O) groups is 1. The van der Waals surface area contributed by atoms with Crippen LogP contribution in [0.4, 0.5) is 0 Å². The molecular weight excluding hydrogens is 262 g/mol. The number of fused-ring (bicyclic) bond motifs is 1. The molecule has 0 spiro atoms. The lowest BCUT2D eigenvalue weighted by Crippen LogP contribution is -2.42. The zero-order chi connectivity index (χ0) is 14.8. The second kappa shape index (κ2) is 5.88. The van der Waals surface area contributed by atoms with Crippen LogP contribution in [0.25, 0.3) is 5.65 Å². The van der Waals surface area contributed by atoms with Gasteiger partial charge in [0.25, 0.3) is 5.91 Å². The SMILES string of the molecule is CCCc1nc2ccccn2c1C(=O)N1CCCCC1C. The maximum Gasteiger partial charge on any atom is 0.273 e. The smallest absolute Gasteiger partial charge is 0.273 e. The Morgan fingerprint density at radius 1 is 1.38 bits per heavy atom. The highest BCUT2D eigenvalue weighted by atomic mass is 16.2. The number of aromatic nitrogens is 2. The number of carbonyl (C=O) groups excluding carboxylic acids is 1. The zero-order valence-electron chi connectivity index (χ0n) is 12.9. The van der Waals surface area contributed by atoms with Crippen molar-refractivity contribution >= 4 is 11.6 Å². The van der Waals surface area contributed by atoms with Gasteiger partial charge in [-0.25, -0.2) is 4.98 Å². The second-order valence-electron chi connectivity index (χ2n) is 5.93. The van der Waals surface area contributed by atoms with E-state index in [1.807, 2.05) is 33.7 Å². The molecule has 1 amide bonds. The summed E-state index contributed by atoms with van der Waals surface area (Å²) in [5.74, 6) is 0.143. The first-order chi connectivity index (χ1) is 10.2. The summed E-state index contributed by atoms with van der Waals surface area (Å²) >= 11 is 0. The van der Waals surface area contributed by atoms with E-state index in [0.29, 0.717) is 6.04 Å². The van der Waals surface area contributed by atoms with E-state index in [2.05, 4.69) is 18.8 Å². The number of imidazole rings is 1. The molecule has 0 radical (unpaired) electrons. The Kier molecular flexibility index (Phi) is 3.95. The molecule has 4 heteroatoms. The molecule has 1 atom stereocenters. The van der Waals surface area contributed by atoms with Gasteiger partial charge < -0.3 is 4.90 Å². The summed E-state index contributed by atoms with van der Waals surface area (Å²) < 4.78 is 1.95. The monoisotopic (exact) mass is 285 g/mol. The lowest BCUT2D eigenvalue weighted by atomic mass is 10.0. The third-order valence-corrected chi connectivity index (χ3v) is 4.36. The number of hydrogen-bond acceptors (Lipinski definition) is 2. The number of nitrogens with zero attached hydrogens (tertiary/aromatic N) is 3. The molecular formula is C17H23N3O. The Morgan fingerprint density at radius 3 is 3.00 bits per heavy atom. The number of likely N-dealkylation sites (tertiary alicyclic amines) is 1. The Labute approximate surface area is 125 Å². The van der Waals surface area contributed by atoms with Crippen molar-refractivity contribution in [3.8, 4) is 0 Å². The quantitative estimate of drug-likeness (QED) is 0.867. The van der Waals surface area contributed by atoms with Crippen LogP contribution in [0.1, 0.15) is 55.7 Å². The van der Waals surface area contributed by atoms with Gasteiger partial charge in [0.05, 0.1) is 5.69 Å². The number of amides is 1. The molecule has 0 saturated carbocycles. The molecule has 1 aliphatic heterocycles. The van der Waals surface area contributed by atoms with E-state index in [0.717, 1.165) is 49.3 Å². The van der Waals surface area contributed by atoms with E-state index >= 15 is 0 Å². The van der Waals surface area contributed by atoms with Crippen LogP contribution in [0, 0.1) is 0 Å². The van der Waals surface area contributed by atoms with Gasteiger partial charge in [-0.2, -0.15) is 0 Å². The molecule has 2 aromatic rings. The van der Waals surface area contributed by atoms with Gasteiger partial charge in [-0.1, -0.05) is 19.4 Å². The molecule has 1 aliphatic rings. The Hall–Kier alpha value is -1.84. The highest BCUT2D eigenvalue weighted by Crippen LogP contribution is 2.22. The van der Waals surface area contributed by atoms with Crippen molar-refractivity contribution in [3.05, 3.63) is 35.8 Å². The number of piperidine rings is 1. The van der Waals surface area contributed by atoms with Crippen molar-refractivity contribution < 1.29 is 4.79 Å². The van der Waals surface area contributed by atoms with Crippen LogP contribution in [0.15, 0.2) is 24.4 Å². The normalized spacial score (nSPS) is 19.1. The van der Waals surface area contributed by atoms with Crippen LogP contribution in [-0.2, 0) is 6.42 Å². The molecule has 4 nitrogen and oxygen atoms in total. The fourth-order valence-electron chi connectivity index (χ4n) is 3.22. The molecule has 2 aromatic heterocycles. The first-order valence-corrected chi connectivity index (χ1v) is 7.99. The van der Waals surface area contributed by atoms with Gasteiger partial charge in [-0.3, -0.25) is 9.20 Å². The Bertz CT molecular complexity index is 647. The third-order valence-electron chi connectivity index (χ3n) is 4.36. The molecule has 3 heterocycles. The van der Waals surface area contributed by atoms with E-state index in [-0.39, 0.29) is 5.91 Å². The van der Waals surface area contributed by atoms with Crippen molar-refractivity contribution in [3.63, 3.8) is 0 Å². The maximum absolute atomic E-state index is 13.0. The van der Waals surface area contributed by atoms with Crippen molar-refractivity contribution in [2.45, 2.75) is 52.0 Å². The third kappa shape index (κ3) is 2.55. The number of pyridine rings is 1. The summed E-state index contributed by atoms with van der Waals surface area (Å²) in [6.45, 7) is 5.15. The minimum Gasteiger partial charge on any atom is -0.335 e. The van der Waals surface area contributed by atoms with Crippen LogP contribution in [-0.4, -0.2) is 32.8 Å². The fourth-order valence-corrected chi connectivity index (χ4v) is 3.22. The van der Waals surface area contributed by atoms with Crippen LogP contribution in [0.3, 0.4) is 0 Å². The average Bonchev–Trinajstić information content (AvgIpc) is 2.85. The predicted molar refractivity (Wildman–Crippen MR) is 83.5 cm³/mol. The fraction of sp³-hybridized carbons (Fsp3) is 0.529. The van der Waals surface area contributed by atoms with Crippen molar-refractivity contribution in [2.24, 2.45) is 0 Å². The van der Waals surface area contributed by atoms with E-state index < -0.39 is 0 Å². The molecule has 1 fully saturated rings. The van der Waals surface area contributed by atoms with Crippen molar-refractivity contribution in [2.75, 3.05) is 6.54 Å². The van der Waals surface area contributed by atoms with Gasteiger partial charge in [0.1, 0.15) is 11.3 Å². The topological polar surface area (TPSA) is 37.6 Å². The van der Waals surface area contributed by atoms with Gasteiger partial charge in [0, 0.05) is 18.8 Å². The number of rotatable bonds is 3. The van der Waals surface area contributed by atoms with E-state index in [4.69, 9.17) is 0 Å². The number of hydrogen-bond donors (Lipinski definition) is 0. The summed E-state index contributed by atoms with van der Waals surface area (Å²) in [7, 11) is 0. The minimum absolute atomic E-state index is 0.143. The first kappa shape index (κ1) is 14.1. The molecule has 0 N–H and O–H groups in total. The molecule has 1 saturated heterocycles. The molecule has 0 aromatic carbocycles. The van der Waals surface area contributed by atoms with Gasteiger partial charge in [-0.05, 0) is 44.7 Å². The predicted octanol–water partition coefficient (Wildman–Crippen LogP) is 3.30. The summed E-state index contributed by atoms with van der Waals surface area (Å²) in [6.07, 6.45) is 7.23. The average molecular weight is 285 g/mol. The summed E-state index contributed by atoms with van der Waals surface area (Å²) in [5.41, 5.74) is 2.57. The van der Waals surface area contributed by atoms with Gasteiger partial charge in [0.15, 0.2) is 0 Å². The van der Waals surface area contributed by atoms with Crippen LogP contribution >= 0.6 is 0 Å². The highest BCUT2D eigenvalue weighted by molar-refractivity contribution is 5.95. The molecule has 112 valence electrons. The Balaban J connectivity index is 2.04. The highest BCUT2D eigenvalue weighted by Gasteiger charge is 2.28. The Morgan fingerprint density at radius 2 is 2.24 bits per heavy atom.